The molecule has 2 aromatic carbocycles. The van der Waals surface area contributed by atoms with Crippen LogP contribution in [0, 0.1) is 11.3 Å². The van der Waals surface area contributed by atoms with E-state index in [0.29, 0.717) is 22.0 Å². The second-order valence-corrected chi connectivity index (χ2v) is 4.47. The molecule has 0 unspecified atom stereocenters. The maximum Gasteiger partial charge on any atom is 0.335 e. The van der Waals surface area contributed by atoms with Crippen LogP contribution in [0.3, 0.4) is 0 Å². The molecule has 0 aliphatic rings. The Morgan fingerprint density at radius 1 is 1.25 bits per heavy atom. The summed E-state index contributed by atoms with van der Waals surface area (Å²) in [5, 5.41) is 21.4. The van der Waals surface area contributed by atoms with Crippen molar-refractivity contribution in [2.24, 2.45) is 0 Å². The van der Waals surface area contributed by atoms with Crippen LogP contribution in [0.2, 0.25) is 5.02 Å². The molecule has 0 saturated heterocycles. The van der Waals surface area contributed by atoms with Crippen LogP contribution in [0.4, 0.5) is 17.1 Å². The molecule has 0 amide bonds. The van der Waals surface area contributed by atoms with Gasteiger partial charge in [0.1, 0.15) is 6.07 Å². The molecule has 0 aliphatic heterocycles. The fourth-order valence-electron chi connectivity index (χ4n) is 1.67. The zero-order valence-corrected chi connectivity index (χ0v) is 11.0. The number of nitrogens with zero attached hydrogens (tertiary/aromatic N) is 1. The van der Waals surface area contributed by atoms with E-state index in [4.69, 9.17) is 27.7 Å². The molecule has 0 aliphatic carbocycles. The van der Waals surface area contributed by atoms with Crippen LogP contribution in [0.5, 0.6) is 0 Å². The molecule has 100 valence electrons. The first-order valence-corrected chi connectivity index (χ1v) is 5.98. The molecule has 0 saturated carbocycles. The van der Waals surface area contributed by atoms with Gasteiger partial charge in [-0.25, -0.2) is 4.79 Å². The smallest absolute Gasteiger partial charge is 0.335 e. The van der Waals surface area contributed by atoms with Gasteiger partial charge in [-0.2, -0.15) is 5.26 Å². The molecule has 2 aromatic rings. The summed E-state index contributed by atoms with van der Waals surface area (Å²) in [4.78, 5) is 10.8. The highest BCUT2D eigenvalue weighted by molar-refractivity contribution is 6.30. The Kier molecular flexibility index (Phi) is 3.78. The number of anilines is 3. The molecule has 5 nitrogen and oxygen atoms in total. The minimum Gasteiger partial charge on any atom is -0.478 e. The molecular formula is C14H10ClN3O2. The predicted molar refractivity (Wildman–Crippen MR) is 77.3 cm³/mol. The number of nitrogen functional groups attached to an aromatic ring is 1. The molecule has 20 heavy (non-hydrogen) atoms. The lowest BCUT2D eigenvalue weighted by Crippen LogP contribution is -2.02. The number of nitriles is 1. The van der Waals surface area contributed by atoms with Gasteiger partial charge in [-0.15, -0.1) is 0 Å². The van der Waals surface area contributed by atoms with Crippen molar-refractivity contribution in [1.82, 2.24) is 0 Å². The van der Waals surface area contributed by atoms with Crippen molar-refractivity contribution in [1.29, 1.82) is 5.26 Å². The molecule has 6 heteroatoms. The summed E-state index contributed by atoms with van der Waals surface area (Å²) in [6.45, 7) is 0. The van der Waals surface area contributed by atoms with Gasteiger partial charge in [0.25, 0.3) is 0 Å². The molecule has 0 atom stereocenters. The molecule has 0 bridgehead atoms. The quantitative estimate of drug-likeness (QED) is 0.753. The van der Waals surface area contributed by atoms with Crippen molar-refractivity contribution >= 4 is 34.6 Å². The maximum absolute atomic E-state index is 10.8. The number of carboxylic acids is 1. The second kappa shape index (κ2) is 5.51. The first-order chi connectivity index (χ1) is 9.51. The summed E-state index contributed by atoms with van der Waals surface area (Å²) in [6.07, 6.45) is 0. The van der Waals surface area contributed by atoms with Crippen LogP contribution in [-0.4, -0.2) is 11.1 Å². The van der Waals surface area contributed by atoms with Crippen molar-refractivity contribution in [3.63, 3.8) is 0 Å². The van der Waals surface area contributed by atoms with Crippen molar-refractivity contribution in [3.05, 3.63) is 52.5 Å². The minimum absolute atomic E-state index is 0.0969. The Balaban J connectivity index is 2.38. The number of nitrogens with one attached hydrogen (secondary N) is 1. The Morgan fingerprint density at radius 2 is 2.00 bits per heavy atom. The average molecular weight is 288 g/mol. The summed E-state index contributed by atoms with van der Waals surface area (Å²) < 4.78 is 0. The molecule has 0 aromatic heterocycles. The van der Waals surface area contributed by atoms with Crippen LogP contribution in [0.25, 0.3) is 0 Å². The van der Waals surface area contributed by atoms with E-state index < -0.39 is 5.97 Å². The zero-order valence-electron chi connectivity index (χ0n) is 10.2. The Labute approximate surface area is 120 Å². The average Bonchev–Trinajstić information content (AvgIpc) is 2.41. The third-order valence-electron chi connectivity index (χ3n) is 2.67. The predicted octanol–water partition coefficient (Wildman–Crippen LogP) is 3.24. The first kappa shape index (κ1) is 13.7. The highest BCUT2D eigenvalue weighted by Gasteiger charge is 2.09. The monoisotopic (exact) mass is 287 g/mol. The lowest BCUT2D eigenvalue weighted by Gasteiger charge is -2.11. The maximum atomic E-state index is 10.8. The zero-order chi connectivity index (χ0) is 14.7. The van der Waals surface area contributed by atoms with Crippen molar-refractivity contribution in [2.45, 2.75) is 0 Å². The van der Waals surface area contributed by atoms with Gasteiger partial charge in [0, 0.05) is 5.02 Å². The van der Waals surface area contributed by atoms with E-state index in [-0.39, 0.29) is 11.3 Å². The van der Waals surface area contributed by atoms with Gasteiger partial charge in [0.15, 0.2) is 0 Å². The lowest BCUT2D eigenvalue weighted by molar-refractivity contribution is 0.0697. The van der Waals surface area contributed by atoms with Crippen molar-refractivity contribution in [3.8, 4) is 6.07 Å². The molecular weight excluding hydrogens is 278 g/mol. The molecule has 0 spiro atoms. The fourth-order valence-corrected chi connectivity index (χ4v) is 1.84. The number of hydrogen-bond donors (Lipinski definition) is 3. The fraction of sp³-hybridized carbons (Fsp3) is 0. The molecule has 0 fully saturated rings. The van der Waals surface area contributed by atoms with E-state index in [9.17, 15) is 4.79 Å². The molecule has 0 radical (unpaired) electrons. The highest BCUT2D eigenvalue weighted by Crippen LogP contribution is 2.28. The minimum atomic E-state index is -1.05. The van der Waals surface area contributed by atoms with E-state index in [1.54, 1.807) is 24.3 Å². The number of halogens is 1. The Hall–Kier alpha value is -2.71. The number of carbonyl (C=O) groups is 1. The first-order valence-electron chi connectivity index (χ1n) is 5.61. The Morgan fingerprint density at radius 3 is 2.60 bits per heavy atom. The second-order valence-electron chi connectivity index (χ2n) is 4.03. The normalized spacial score (nSPS) is 9.80. The number of carboxylic acid groups (broad SMARTS) is 1. The van der Waals surface area contributed by atoms with Gasteiger partial charge in [0.05, 0.1) is 28.2 Å². The summed E-state index contributed by atoms with van der Waals surface area (Å²) in [7, 11) is 0. The summed E-state index contributed by atoms with van der Waals surface area (Å²) in [5.74, 6) is -1.05. The van der Waals surface area contributed by atoms with Gasteiger partial charge in [-0.1, -0.05) is 11.6 Å². The van der Waals surface area contributed by atoms with Gasteiger partial charge < -0.3 is 16.2 Å². The van der Waals surface area contributed by atoms with Gasteiger partial charge in [0.2, 0.25) is 0 Å². The van der Waals surface area contributed by atoms with Crippen LogP contribution in [0.1, 0.15) is 15.9 Å². The van der Waals surface area contributed by atoms with E-state index >= 15 is 0 Å². The van der Waals surface area contributed by atoms with E-state index in [1.165, 1.54) is 12.1 Å². The van der Waals surface area contributed by atoms with E-state index in [2.05, 4.69) is 5.32 Å². The SMILES string of the molecule is N#Cc1ccc(Cl)cc1Nc1ccc(C(=O)O)cc1N. The molecule has 4 N–H and O–H groups in total. The standard InChI is InChI=1S/C14H10ClN3O2/c15-10-3-1-9(7-16)13(6-10)18-12-4-2-8(14(19)20)5-11(12)17/h1-6,18H,17H2,(H,19,20). The van der Waals surface area contributed by atoms with Crippen LogP contribution < -0.4 is 11.1 Å². The third-order valence-corrected chi connectivity index (χ3v) is 2.91. The number of benzene rings is 2. The van der Waals surface area contributed by atoms with Gasteiger partial charge >= 0.3 is 5.97 Å². The van der Waals surface area contributed by atoms with Gasteiger partial charge in [-0.3, -0.25) is 0 Å². The van der Waals surface area contributed by atoms with Crippen molar-refractivity contribution in [2.75, 3.05) is 11.1 Å². The van der Waals surface area contributed by atoms with Gasteiger partial charge in [-0.05, 0) is 36.4 Å². The van der Waals surface area contributed by atoms with Crippen LogP contribution in [0.15, 0.2) is 36.4 Å². The van der Waals surface area contributed by atoms with E-state index in [1.807, 2.05) is 6.07 Å². The largest absolute Gasteiger partial charge is 0.478 e. The van der Waals surface area contributed by atoms with E-state index in [0.717, 1.165) is 0 Å². The van der Waals surface area contributed by atoms with Crippen LogP contribution in [-0.2, 0) is 0 Å². The summed E-state index contributed by atoms with van der Waals surface area (Å²) >= 11 is 5.89. The van der Waals surface area contributed by atoms with Crippen LogP contribution >= 0.6 is 11.6 Å². The summed E-state index contributed by atoms with van der Waals surface area (Å²) in [6, 6.07) is 11.2. The number of hydrogen-bond acceptors (Lipinski definition) is 4. The number of rotatable bonds is 3. The number of aromatic carboxylic acids is 1. The third kappa shape index (κ3) is 2.82. The Bertz CT molecular complexity index is 723. The lowest BCUT2D eigenvalue weighted by atomic mass is 10.1. The summed E-state index contributed by atoms with van der Waals surface area (Å²) in [5.41, 5.74) is 7.59. The molecule has 0 heterocycles. The molecule has 2 rings (SSSR count). The number of nitrogens with two attached hydrogens (primary N) is 1. The highest BCUT2D eigenvalue weighted by atomic mass is 35.5. The topological polar surface area (TPSA) is 99.1 Å². The van der Waals surface area contributed by atoms with Crippen molar-refractivity contribution < 1.29 is 9.90 Å².